The lowest BCUT2D eigenvalue weighted by Crippen LogP contribution is -2.33. The number of hydrogen-bond donors (Lipinski definition) is 0. The summed E-state index contributed by atoms with van der Waals surface area (Å²) < 4.78 is 22.7. The van der Waals surface area contributed by atoms with Crippen molar-refractivity contribution in [2.24, 2.45) is 7.05 Å². The average Bonchev–Trinajstić information content (AvgIpc) is 2.59. The Morgan fingerprint density at radius 1 is 0.962 bits per heavy atom. The smallest absolute Gasteiger partial charge is 0.256 e. The molecule has 128 valence electrons. The molecule has 1 aromatic heterocycles. The summed E-state index contributed by atoms with van der Waals surface area (Å²) in [6.07, 6.45) is 0. The molecule has 0 spiro atoms. The van der Waals surface area contributed by atoms with Crippen molar-refractivity contribution in [1.82, 2.24) is 0 Å². The highest BCUT2D eigenvalue weighted by Gasteiger charge is 2.32. The Kier molecular flexibility index (Phi) is 2.97. The van der Waals surface area contributed by atoms with Crippen LogP contribution in [0.1, 0.15) is 16.7 Å². The van der Waals surface area contributed by atoms with Gasteiger partial charge in [0.15, 0.2) is 5.75 Å². The molecule has 0 fully saturated rings. The number of benzene rings is 3. The molecule has 0 saturated heterocycles. The third-order valence-electron chi connectivity index (χ3n) is 5.56. The number of halogens is 1. The van der Waals surface area contributed by atoms with E-state index < -0.39 is 0 Å². The molecule has 0 saturated carbocycles. The molecule has 0 aliphatic carbocycles. The third kappa shape index (κ3) is 1.88. The Hall–Kier alpha value is -2.94. The van der Waals surface area contributed by atoms with Crippen molar-refractivity contribution in [2.45, 2.75) is 20.8 Å². The van der Waals surface area contributed by atoms with Gasteiger partial charge < -0.3 is 4.74 Å². The number of ether oxygens (including phenoxy) is 1. The second kappa shape index (κ2) is 5.04. The first kappa shape index (κ1) is 15.3. The van der Waals surface area contributed by atoms with Gasteiger partial charge in [-0.15, -0.1) is 0 Å². The van der Waals surface area contributed by atoms with Crippen LogP contribution in [-0.2, 0) is 7.05 Å². The highest BCUT2D eigenvalue weighted by Crippen LogP contribution is 2.48. The van der Waals surface area contributed by atoms with Crippen molar-refractivity contribution in [3.63, 3.8) is 0 Å². The Balaban J connectivity index is 2.03. The lowest BCUT2D eigenvalue weighted by molar-refractivity contribution is -0.633. The molecule has 0 bridgehead atoms. The van der Waals surface area contributed by atoms with Crippen LogP contribution in [0.15, 0.2) is 42.5 Å². The first-order valence-electron chi connectivity index (χ1n) is 8.80. The van der Waals surface area contributed by atoms with Gasteiger partial charge in [-0.3, -0.25) is 0 Å². The van der Waals surface area contributed by atoms with Crippen molar-refractivity contribution in [3.05, 3.63) is 65.0 Å². The number of fused-ring (bicyclic) bond motifs is 3. The summed E-state index contributed by atoms with van der Waals surface area (Å²) in [4.78, 5) is 0. The quantitative estimate of drug-likeness (QED) is 0.331. The standard InChI is InChI=1S/C23H19FNO/c1-12-8-15-10-13(2)14(3)21-22(15)19(9-12)26-20-11-16-17(24)6-5-7-18(16)25(4)23(20)21/h5-11H,1-4H3/q+1. The van der Waals surface area contributed by atoms with E-state index in [1.807, 2.05) is 19.2 Å². The minimum atomic E-state index is -0.231. The largest absolute Gasteiger partial charge is 0.450 e. The van der Waals surface area contributed by atoms with E-state index in [1.54, 1.807) is 6.07 Å². The van der Waals surface area contributed by atoms with E-state index >= 15 is 0 Å². The zero-order chi connectivity index (χ0) is 18.2. The minimum absolute atomic E-state index is 0.231. The number of aromatic nitrogens is 1. The molecule has 1 aliphatic rings. The van der Waals surface area contributed by atoms with E-state index in [2.05, 4.69) is 43.5 Å². The van der Waals surface area contributed by atoms with Gasteiger partial charge in [0.05, 0.1) is 10.9 Å². The van der Waals surface area contributed by atoms with Gasteiger partial charge in [0.1, 0.15) is 18.6 Å². The molecule has 0 N–H and O–H groups in total. The highest BCUT2D eigenvalue weighted by atomic mass is 19.1. The number of pyridine rings is 1. The van der Waals surface area contributed by atoms with Crippen molar-refractivity contribution in [3.8, 4) is 22.8 Å². The molecular weight excluding hydrogens is 325 g/mol. The van der Waals surface area contributed by atoms with Crippen LogP contribution in [0.4, 0.5) is 4.39 Å². The van der Waals surface area contributed by atoms with E-state index in [-0.39, 0.29) is 5.82 Å². The molecule has 0 unspecified atom stereocenters. The van der Waals surface area contributed by atoms with Gasteiger partial charge in [-0.2, -0.15) is 4.57 Å². The average molecular weight is 344 g/mol. The van der Waals surface area contributed by atoms with Crippen LogP contribution in [0.5, 0.6) is 11.5 Å². The van der Waals surface area contributed by atoms with Crippen LogP contribution in [0.3, 0.4) is 0 Å². The number of rotatable bonds is 0. The molecule has 5 rings (SSSR count). The maximum atomic E-state index is 14.4. The van der Waals surface area contributed by atoms with Gasteiger partial charge in [-0.05, 0) is 55.0 Å². The number of hydrogen-bond acceptors (Lipinski definition) is 1. The monoisotopic (exact) mass is 344 g/mol. The molecule has 3 heteroatoms. The number of nitrogens with zero attached hydrogens (tertiary/aromatic N) is 1. The van der Waals surface area contributed by atoms with E-state index in [9.17, 15) is 4.39 Å². The first-order chi connectivity index (χ1) is 12.5. The topological polar surface area (TPSA) is 13.1 Å². The SMILES string of the molecule is Cc1cc2c3c(c(C)c(C)cc3c1)-c1c(cc3c(F)cccc3[n+]1C)O2. The van der Waals surface area contributed by atoms with Crippen molar-refractivity contribution in [1.29, 1.82) is 0 Å². The molecule has 2 nitrogen and oxygen atoms in total. The second-order valence-corrected chi connectivity index (χ2v) is 7.25. The molecule has 0 amide bonds. The van der Waals surface area contributed by atoms with Crippen LogP contribution in [0.25, 0.3) is 32.9 Å². The molecule has 26 heavy (non-hydrogen) atoms. The fourth-order valence-electron chi connectivity index (χ4n) is 4.20. The van der Waals surface area contributed by atoms with Crippen LogP contribution in [-0.4, -0.2) is 0 Å². The van der Waals surface area contributed by atoms with Crippen LogP contribution in [0.2, 0.25) is 0 Å². The molecule has 2 heterocycles. The summed E-state index contributed by atoms with van der Waals surface area (Å²) in [6.45, 7) is 6.37. The molecule has 1 aliphatic heterocycles. The summed E-state index contributed by atoms with van der Waals surface area (Å²) >= 11 is 0. The summed E-state index contributed by atoms with van der Waals surface area (Å²) in [5.74, 6) is 1.32. The van der Waals surface area contributed by atoms with E-state index in [0.29, 0.717) is 11.1 Å². The number of aryl methyl sites for hydroxylation is 3. The van der Waals surface area contributed by atoms with Crippen molar-refractivity contribution in [2.75, 3.05) is 0 Å². The predicted molar refractivity (Wildman–Crippen MR) is 102 cm³/mol. The Morgan fingerprint density at radius 3 is 2.58 bits per heavy atom. The second-order valence-electron chi connectivity index (χ2n) is 7.25. The Labute approximate surface area is 151 Å². The molecule has 0 radical (unpaired) electrons. The van der Waals surface area contributed by atoms with Gasteiger partial charge in [-0.25, -0.2) is 4.39 Å². The zero-order valence-electron chi connectivity index (χ0n) is 15.3. The lowest BCUT2D eigenvalue weighted by Gasteiger charge is -2.23. The Bertz CT molecular complexity index is 1260. The van der Waals surface area contributed by atoms with Gasteiger partial charge in [-0.1, -0.05) is 18.2 Å². The van der Waals surface area contributed by atoms with Gasteiger partial charge in [0.2, 0.25) is 5.52 Å². The summed E-state index contributed by atoms with van der Waals surface area (Å²) in [7, 11) is 1.98. The molecular formula is C23H19FNO+. The maximum absolute atomic E-state index is 14.4. The fourth-order valence-corrected chi connectivity index (χ4v) is 4.20. The maximum Gasteiger partial charge on any atom is 0.256 e. The van der Waals surface area contributed by atoms with E-state index in [4.69, 9.17) is 4.74 Å². The van der Waals surface area contributed by atoms with Gasteiger partial charge in [0.25, 0.3) is 5.69 Å². The zero-order valence-corrected chi connectivity index (χ0v) is 15.3. The predicted octanol–water partition coefficient (Wildman–Crippen LogP) is 5.65. The fraction of sp³-hybridized carbons (Fsp3) is 0.174. The first-order valence-corrected chi connectivity index (χ1v) is 8.80. The van der Waals surface area contributed by atoms with E-state index in [0.717, 1.165) is 27.9 Å². The van der Waals surface area contributed by atoms with Crippen LogP contribution >= 0.6 is 0 Å². The molecule has 0 atom stereocenters. The van der Waals surface area contributed by atoms with Crippen molar-refractivity contribution >= 4 is 21.7 Å². The van der Waals surface area contributed by atoms with Gasteiger partial charge >= 0.3 is 0 Å². The summed E-state index contributed by atoms with van der Waals surface area (Å²) in [5, 5.41) is 2.90. The van der Waals surface area contributed by atoms with E-state index in [1.165, 1.54) is 28.1 Å². The Morgan fingerprint density at radius 2 is 1.77 bits per heavy atom. The summed E-state index contributed by atoms with van der Waals surface area (Å²) in [5.41, 5.74) is 6.68. The van der Waals surface area contributed by atoms with Crippen LogP contribution in [0, 0.1) is 26.6 Å². The third-order valence-corrected chi connectivity index (χ3v) is 5.56. The minimum Gasteiger partial charge on any atom is -0.450 e. The van der Waals surface area contributed by atoms with Crippen molar-refractivity contribution < 1.29 is 13.7 Å². The van der Waals surface area contributed by atoms with Gasteiger partial charge in [0, 0.05) is 17.5 Å². The lowest BCUT2D eigenvalue weighted by atomic mass is 9.89. The molecule has 3 aromatic carbocycles. The normalized spacial score (nSPS) is 12.3. The molecule has 4 aromatic rings. The van der Waals surface area contributed by atoms with Crippen LogP contribution < -0.4 is 9.30 Å². The highest BCUT2D eigenvalue weighted by molar-refractivity contribution is 6.05. The summed E-state index contributed by atoms with van der Waals surface area (Å²) in [6, 6.07) is 13.5.